The standard InChI is InChI=1S/C27H32N4O4/c1-3-30-16-6-9-24(19-30)35-23-12-10-21(11-13-23)25-14-15-26(32)31(29-25)18-20-7-5-8-22(17-20)28-27(33)34-4-2/h5,7-8,10-15,17,24H,3-4,6,9,16,18-19H2,1-2H3,(H,28,33). The Kier molecular flexibility index (Phi) is 8.15. The summed E-state index contributed by atoms with van der Waals surface area (Å²) in [4.78, 5) is 26.6. The number of likely N-dealkylation sites (tertiary alicyclic amines) is 1. The molecule has 1 atom stereocenters. The number of hydrogen-bond donors (Lipinski definition) is 1. The molecule has 2 aromatic carbocycles. The van der Waals surface area contributed by atoms with Crippen molar-refractivity contribution < 1.29 is 14.3 Å². The second-order valence-corrected chi connectivity index (χ2v) is 8.56. The minimum absolute atomic E-state index is 0.199. The normalized spacial score (nSPS) is 16.0. The van der Waals surface area contributed by atoms with E-state index in [1.807, 2.05) is 36.4 Å². The fourth-order valence-corrected chi connectivity index (χ4v) is 4.21. The number of nitrogens with zero attached hydrogens (tertiary/aromatic N) is 3. The van der Waals surface area contributed by atoms with E-state index in [2.05, 4.69) is 22.2 Å². The van der Waals surface area contributed by atoms with Gasteiger partial charge in [-0.25, -0.2) is 9.48 Å². The number of carbonyl (C=O) groups excluding carboxylic acids is 1. The van der Waals surface area contributed by atoms with Gasteiger partial charge in [-0.1, -0.05) is 19.1 Å². The Morgan fingerprint density at radius 3 is 2.71 bits per heavy atom. The van der Waals surface area contributed by atoms with E-state index in [-0.39, 0.29) is 18.2 Å². The molecule has 0 bridgehead atoms. The molecule has 0 spiro atoms. The summed E-state index contributed by atoms with van der Waals surface area (Å²) in [6.45, 7) is 7.65. The molecule has 1 fully saturated rings. The molecule has 3 aromatic rings. The predicted octanol–water partition coefficient (Wildman–Crippen LogP) is 4.39. The van der Waals surface area contributed by atoms with Gasteiger partial charge in [0, 0.05) is 23.9 Å². The minimum atomic E-state index is -0.513. The number of anilines is 1. The Labute approximate surface area is 205 Å². The number of likely N-dealkylation sites (N-methyl/N-ethyl adjacent to an activating group) is 1. The Morgan fingerprint density at radius 2 is 1.94 bits per heavy atom. The topological polar surface area (TPSA) is 85.7 Å². The fraction of sp³-hybridized carbons (Fsp3) is 0.370. The van der Waals surface area contributed by atoms with Crippen LogP contribution in [0.15, 0.2) is 65.5 Å². The molecule has 1 aromatic heterocycles. The number of hydrogen-bond acceptors (Lipinski definition) is 6. The van der Waals surface area contributed by atoms with Gasteiger partial charge in [0.05, 0.1) is 18.8 Å². The number of ether oxygens (including phenoxy) is 2. The lowest BCUT2D eigenvalue weighted by atomic mass is 10.1. The van der Waals surface area contributed by atoms with Gasteiger partial charge >= 0.3 is 6.09 Å². The van der Waals surface area contributed by atoms with Crippen molar-refractivity contribution in [3.63, 3.8) is 0 Å². The van der Waals surface area contributed by atoms with Crippen LogP contribution in [0.3, 0.4) is 0 Å². The van der Waals surface area contributed by atoms with E-state index in [1.54, 1.807) is 25.1 Å². The molecule has 8 nitrogen and oxygen atoms in total. The number of rotatable bonds is 8. The molecule has 35 heavy (non-hydrogen) atoms. The van der Waals surface area contributed by atoms with Crippen molar-refractivity contribution in [3.8, 4) is 17.0 Å². The monoisotopic (exact) mass is 476 g/mol. The molecule has 2 heterocycles. The summed E-state index contributed by atoms with van der Waals surface area (Å²) < 4.78 is 12.5. The average Bonchev–Trinajstić information content (AvgIpc) is 2.86. The highest BCUT2D eigenvalue weighted by molar-refractivity contribution is 5.84. The molecule has 0 radical (unpaired) electrons. The number of piperidine rings is 1. The Hall–Kier alpha value is -3.65. The van der Waals surface area contributed by atoms with Crippen molar-refractivity contribution in [2.45, 2.75) is 39.3 Å². The molecule has 1 saturated heterocycles. The number of carbonyl (C=O) groups is 1. The van der Waals surface area contributed by atoms with Gasteiger partial charge in [-0.05, 0) is 80.9 Å². The zero-order valence-corrected chi connectivity index (χ0v) is 20.3. The molecular formula is C27H32N4O4. The van der Waals surface area contributed by atoms with E-state index in [9.17, 15) is 9.59 Å². The van der Waals surface area contributed by atoms with Gasteiger partial charge in [0.15, 0.2) is 0 Å². The van der Waals surface area contributed by atoms with E-state index in [1.165, 1.54) is 10.7 Å². The van der Waals surface area contributed by atoms with Crippen molar-refractivity contribution >= 4 is 11.8 Å². The lowest BCUT2D eigenvalue weighted by molar-refractivity contribution is 0.0920. The van der Waals surface area contributed by atoms with Gasteiger partial charge in [-0.3, -0.25) is 15.0 Å². The second kappa shape index (κ2) is 11.7. The lowest BCUT2D eigenvalue weighted by Gasteiger charge is -2.32. The number of benzene rings is 2. The molecule has 184 valence electrons. The molecule has 8 heteroatoms. The zero-order valence-electron chi connectivity index (χ0n) is 20.3. The predicted molar refractivity (Wildman–Crippen MR) is 136 cm³/mol. The zero-order chi connectivity index (χ0) is 24.6. The van der Waals surface area contributed by atoms with Crippen LogP contribution in [0, 0.1) is 0 Å². The summed E-state index contributed by atoms with van der Waals surface area (Å²) in [5.41, 5.74) is 2.84. The smallest absolute Gasteiger partial charge is 0.411 e. The van der Waals surface area contributed by atoms with Crippen LogP contribution >= 0.6 is 0 Å². The van der Waals surface area contributed by atoms with Crippen LogP contribution in [0.2, 0.25) is 0 Å². The third-order valence-corrected chi connectivity index (χ3v) is 6.01. The highest BCUT2D eigenvalue weighted by Gasteiger charge is 2.20. The summed E-state index contributed by atoms with van der Waals surface area (Å²) in [5.74, 6) is 0.843. The van der Waals surface area contributed by atoms with Crippen LogP contribution in [-0.2, 0) is 11.3 Å². The minimum Gasteiger partial charge on any atom is -0.489 e. The number of nitrogens with one attached hydrogen (secondary N) is 1. The molecule has 4 rings (SSSR count). The first-order valence-corrected chi connectivity index (χ1v) is 12.1. The molecular weight excluding hydrogens is 444 g/mol. The largest absolute Gasteiger partial charge is 0.489 e. The first-order valence-electron chi connectivity index (χ1n) is 12.1. The van der Waals surface area contributed by atoms with Gasteiger partial charge < -0.3 is 9.47 Å². The van der Waals surface area contributed by atoms with E-state index in [4.69, 9.17) is 9.47 Å². The summed E-state index contributed by atoms with van der Waals surface area (Å²) in [6.07, 6.45) is 1.93. The molecule has 0 saturated carbocycles. The lowest BCUT2D eigenvalue weighted by Crippen LogP contribution is -2.40. The maximum atomic E-state index is 12.5. The van der Waals surface area contributed by atoms with E-state index in [0.717, 1.165) is 49.4 Å². The molecule has 1 unspecified atom stereocenters. The van der Waals surface area contributed by atoms with E-state index >= 15 is 0 Å². The first kappa shape index (κ1) is 24.5. The third-order valence-electron chi connectivity index (χ3n) is 6.01. The van der Waals surface area contributed by atoms with Crippen molar-refractivity contribution in [2.75, 3.05) is 31.6 Å². The van der Waals surface area contributed by atoms with Crippen LogP contribution in [0.5, 0.6) is 5.75 Å². The van der Waals surface area contributed by atoms with Crippen molar-refractivity contribution in [1.82, 2.24) is 14.7 Å². The van der Waals surface area contributed by atoms with Crippen molar-refractivity contribution in [2.24, 2.45) is 0 Å². The summed E-state index contributed by atoms with van der Waals surface area (Å²) in [5, 5.41) is 7.25. The maximum absolute atomic E-state index is 12.5. The van der Waals surface area contributed by atoms with E-state index < -0.39 is 6.09 Å². The Bertz CT molecular complexity index is 1190. The van der Waals surface area contributed by atoms with Crippen LogP contribution in [0.25, 0.3) is 11.3 Å². The average molecular weight is 477 g/mol. The Morgan fingerprint density at radius 1 is 1.11 bits per heavy atom. The summed E-state index contributed by atoms with van der Waals surface area (Å²) in [6, 6.07) is 18.4. The summed E-state index contributed by atoms with van der Waals surface area (Å²) >= 11 is 0. The first-order chi connectivity index (χ1) is 17.0. The van der Waals surface area contributed by atoms with Crippen molar-refractivity contribution in [1.29, 1.82) is 0 Å². The molecule has 1 amide bonds. The van der Waals surface area contributed by atoms with Crippen LogP contribution in [-0.4, -0.2) is 53.1 Å². The van der Waals surface area contributed by atoms with Crippen LogP contribution in [0.4, 0.5) is 10.5 Å². The molecule has 0 aliphatic carbocycles. The van der Waals surface area contributed by atoms with Gasteiger partial charge in [0.25, 0.3) is 5.56 Å². The fourth-order valence-electron chi connectivity index (χ4n) is 4.21. The third kappa shape index (κ3) is 6.70. The maximum Gasteiger partial charge on any atom is 0.411 e. The second-order valence-electron chi connectivity index (χ2n) is 8.56. The molecule has 1 N–H and O–H groups in total. The quantitative estimate of drug-likeness (QED) is 0.519. The van der Waals surface area contributed by atoms with Gasteiger partial charge in [0.2, 0.25) is 0 Å². The van der Waals surface area contributed by atoms with Crippen LogP contribution in [0.1, 0.15) is 32.3 Å². The van der Waals surface area contributed by atoms with Crippen molar-refractivity contribution in [3.05, 3.63) is 76.6 Å². The molecule has 1 aliphatic rings. The van der Waals surface area contributed by atoms with Crippen LogP contribution < -0.4 is 15.6 Å². The number of aromatic nitrogens is 2. The Balaban J connectivity index is 1.45. The van der Waals surface area contributed by atoms with Gasteiger partial charge in [-0.15, -0.1) is 0 Å². The summed E-state index contributed by atoms with van der Waals surface area (Å²) in [7, 11) is 0. The SMILES string of the molecule is CCOC(=O)Nc1cccc(Cn2nc(-c3ccc(OC4CCCN(CC)C4)cc3)ccc2=O)c1. The van der Waals surface area contributed by atoms with Gasteiger partial charge in [0.1, 0.15) is 11.9 Å². The molecule has 1 aliphatic heterocycles. The highest BCUT2D eigenvalue weighted by atomic mass is 16.5. The number of amides is 1. The van der Waals surface area contributed by atoms with Gasteiger partial charge in [-0.2, -0.15) is 5.10 Å². The highest BCUT2D eigenvalue weighted by Crippen LogP contribution is 2.23. The van der Waals surface area contributed by atoms with E-state index in [0.29, 0.717) is 18.0 Å².